The summed E-state index contributed by atoms with van der Waals surface area (Å²) in [4.78, 5) is 23.2. The van der Waals surface area contributed by atoms with Crippen molar-refractivity contribution in [1.82, 2.24) is 0 Å². The van der Waals surface area contributed by atoms with Gasteiger partial charge >= 0.3 is 11.7 Å². The Morgan fingerprint density at radius 1 is 1.33 bits per heavy atom. The highest BCUT2D eigenvalue weighted by atomic mass is 16.7. The largest absolute Gasteiger partial charge is 0.502 e. The van der Waals surface area contributed by atoms with E-state index in [0.29, 0.717) is 5.56 Å². The van der Waals surface area contributed by atoms with Crippen molar-refractivity contribution in [3.63, 3.8) is 0 Å². The number of amides is 1. The number of hydrogen-bond acceptors (Lipinski definition) is 9. The summed E-state index contributed by atoms with van der Waals surface area (Å²) in [6.45, 7) is 4.97. The van der Waals surface area contributed by atoms with E-state index in [1.54, 1.807) is 20.8 Å². The van der Waals surface area contributed by atoms with Crippen LogP contribution in [0.1, 0.15) is 19.4 Å². The summed E-state index contributed by atoms with van der Waals surface area (Å²) in [5, 5.41) is 21.2. The lowest BCUT2D eigenvalue weighted by atomic mass is 9.89. The number of ether oxygens (including phenoxy) is 4. The Morgan fingerprint density at radius 3 is 2.60 bits per heavy atom. The Hall–Kier alpha value is -2.86. The minimum Gasteiger partial charge on any atom is -0.502 e. The molecule has 164 valence electrons. The van der Waals surface area contributed by atoms with Gasteiger partial charge in [0, 0.05) is 12.7 Å². The van der Waals surface area contributed by atoms with E-state index in [4.69, 9.17) is 29.1 Å². The Kier molecular flexibility index (Phi) is 5.65. The molecule has 1 aliphatic rings. The normalized spacial score (nSPS) is 25.8. The van der Waals surface area contributed by atoms with E-state index in [1.807, 2.05) is 0 Å². The van der Waals surface area contributed by atoms with Crippen molar-refractivity contribution in [3.8, 4) is 11.5 Å². The SMILES string of the molecule is COC1C(OC(N)=O)C(O)C(Oc2ccc3c(O)c([NH3+])c(=O)oc3c2C)OC1(C)C. The number of quaternary nitrogens is 1. The summed E-state index contributed by atoms with van der Waals surface area (Å²) >= 11 is 0. The molecule has 2 heterocycles. The van der Waals surface area contributed by atoms with Crippen LogP contribution in [0, 0.1) is 6.92 Å². The maximum atomic E-state index is 11.9. The number of carbonyl (C=O) groups excluding carboxylic acids is 1. The number of methoxy groups -OCH3 is 1. The van der Waals surface area contributed by atoms with Gasteiger partial charge in [-0.3, -0.25) is 0 Å². The van der Waals surface area contributed by atoms with Crippen LogP contribution in [-0.4, -0.2) is 53.6 Å². The van der Waals surface area contributed by atoms with E-state index in [2.05, 4.69) is 5.73 Å². The van der Waals surface area contributed by atoms with E-state index >= 15 is 0 Å². The molecule has 1 aromatic heterocycles. The standard InChI is InChI=1S/C19H24N2O9/c1-7-9(6-5-8-11(22)10(20)16(24)28-13(7)8)27-17-12(23)14(29-18(21)25)15(26-4)19(2,3)30-17/h5-6,12,14-15,17,22-23H,20H2,1-4H3,(H2,21,25)/p+1. The molecule has 11 nitrogen and oxygen atoms in total. The van der Waals surface area contributed by atoms with Crippen molar-refractivity contribution in [2.24, 2.45) is 5.73 Å². The molecule has 0 radical (unpaired) electrons. The molecule has 11 heteroatoms. The van der Waals surface area contributed by atoms with Crippen LogP contribution in [0.25, 0.3) is 11.0 Å². The molecular formula is C19H25N2O9+. The van der Waals surface area contributed by atoms with Crippen LogP contribution in [0.15, 0.2) is 21.3 Å². The number of aliphatic hydroxyl groups excluding tert-OH is 1. The Balaban J connectivity index is 1.99. The van der Waals surface area contributed by atoms with Crippen molar-refractivity contribution in [3.05, 3.63) is 28.1 Å². The van der Waals surface area contributed by atoms with Gasteiger partial charge in [0.25, 0.3) is 5.69 Å². The van der Waals surface area contributed by atoms with Crippen LogP contribution in [0.5, 0.6) is 11.5 Å². The molecular weight excluding hydrogens is 400 g/mol. The molecule has 0 aliphatic carbocycles. The lowest BCUT2D eigenvalue weighted by Crippen LogP contribution is -2.65. The second-order valence-corrected chi connectivity index (χ2v) is 7.54. The summed E-state index contributed by atoms with van der Waals surface area (Å²) in [5.74, 6) is -0.0701. The van der Waals surface area contributed by atoms with Crippen LogP contribution in [0.4, 0.5) is 10.5 Å². The van der Waals surface area contributed by atoms with Gasteiger partial charge in [-0.15, -0.1) is 0 Å². The molecule has 7 N–H and O–H groups in total. The second-order valence-electron chi connectivity index (χ2n) is 7.54. The highest BCUT2D eigenvalue weighted by Gasteiger charge is 2.53. The minimum atomic E-state index is -1.44. The zero-order valence-corrected chi connectivity index (χ0v) is 17.0. The molecule has 1 aliphatic heterocycles. The van der Waals surface area contributed by atoms with Gasteiger partial charge in [0.2, 0.25) is 6.29 Å². The Morgan fingerprint density at radius 2 is 2.00 bits per heavy atom. The number of rotatable bonds is 4. The molecule has 2 aromatic rings. The zero-order chi connectivity index (χ0) is 22.4. The lowest BCUT2D eigenvalue weighted by molar-refractivity contribution is -0.304. The average molecular weight is 425 g/mol. The molecule has 1 saturated heterocycles. The quantitative estimate of drug-likeness (QED) is 0.492. The number of aliphatic hydroxyl groups is 1. The molecule has 1 amide bonds. The minimum absolute atomic E-state index is 0.103. The third-order valence-electron chi connectivity index (χ3n) is 5.11. The number of aromatic hydroxyl groups is 1. The topological polar surface area (TPSA) is 178 Å². The predicted octanol–water partition coefficient (Wildman–Crippen LogP) is 0.0339. The molecule has 0 spiro atoms. The summed E-state index contributed by atoms with van der Waals surface area (Å²) in [5.41, 5.74) is 7.15. The fourth-order valence-corrected chi connectivity index (χ4v) is 3.60. The third-order valence-corrected chi connectivity index (χ3v) is 5.11. The zero-order valence-electron chi connectivity index (χ0n) is 17.0. The first-order valence-corrected chi connectivity index (χ1v) is 9.10. The molecule has 4 atom stereocenters. The summed E-state index contributed by atoms with van der Waals surface area (Å²) < 4.78 is 27.3. The van der Waals surface area contributed by atoms with Gasteiger partial charge in [0.05, 0.1) is 11.0 Å². The summed E-state index contributed by atoms with van der Waals surface area (Å²) in [6.07, 6.45) is -5.76. The number of aryl methyl sites for hydroxylation is 1. The van der Waals surface area contributed by atoms with Crippen LogP contribution in [0.2, 0.25) is 0 Å². The molecule has 30 heavy (non-hydrogen) atoms. The highest BCUT2D eigenvalue weighted by molar-refractivity contribution is 5.89. The van der Waals surface area contributed by atoms with Gasteiger partial charge in [-0.1, -0.05) is 0 Å². The number of primary amides is 1. The van der Waals surface area contributed by atoms with Gasteiger partial charge in [-0.2, -0.15) is 0 Å². The van der Waals surface area contributed by atoms with Crippen molar-refractivity contribution < 1.29 is 44.1 Å². The smallest absolute Gasteiger partial charge is 0.404 e. The lowest BCUT2D eigenvalue weighted by Gasteiger charge is -2.47. The average Bonchev–Trinajstić information content (AvgIpc) is 2.66. The van der Waals surface area contributed by atoms with Gasteiger partial charge < -0.3 is 45.0 Å². The summed E-state index contributed by atoms with van der Waals surface area (Å²) in [7, 11) is 1.39. The van der Waals surface area contributed by atoms with Crippen LogP contribution in [-0.2, 0) is 14.2 Å². The van der Waals surface area contributed by atoms with Crippen LogP contribution in [0.3, 0.4) is 0 Å². The van der Waals surface area contributed by atoms with Crippen molar-refractivity contribution in [2.45, 2.75) is 51.0 Å². The summed E-state index contributed by atoms with van der Waals surface area (Å²) in [6, 6.07) is 3.01. The van der Waals surface area contributed by atoms with Gasteiger partial charge in [-0.25, -0.2) is 9.59 Å². The Bertz CT molecular complexity index is 1030. The number of carbonyl (C=O) groups is 1. The maximum absolute atomic E-state index is 11.9. The van der Waals surface area contributed by atoms with Gasteiger partial charge in [-0.05, 0) is 32.9 Å². The number of nitrogens with two attached hydrogens (primary N) is 1. The van der Waals surface area contributed by atoms with E-state index < -0.39 is 41.9 Å². The molecule has 1 aromatic carbocycles. The second kappa shape index (κ2) is 7.76. The molecule has 1 fully saturated rings. The van der Waals surface area contributed by atoms with Gasteiger partial charge in [0.15, 0.2) is 18.0 Å². The van der Waals surface area contributed by atoms with E-state index in [9.17, 15) is 19.8 Å². The third kappa shape index (κ3) is 3.67. The van der Waals surface area contributed by atoms with E-state index in [-0.39, 0.29) is 28.2 Å². The van der Waals surface area contributed by atoms with Crippen molar-refractivity contribution in [2.75, 3.05) is 7.11 Å². The van der Waals surface area contributed by atoms with Crippen LogP contribution >= 0.6 is 0 Å². The number of benzene rings is 1. The number of fused-ring (bicyclic) bond motifs is 1. The maximum Gasteiger partial charge on any atom is 0.404 e. The van der Waals surface area contributed by atoms with Crippen LogP contribution < -0.4 is 21.8 Å². The first-order valence-electron chi connectivity index (χ1n) is 9.10. The predicted molar refractivity (Wildman–Crippen MR) is 102 cm³/mol. The first-order chi connectivity index (χ1) is 14.0. The fraction of sp³-hybridized carbons (Fsp3) is 0.474. The highest BCUT2D eigenvalue weighted by Crippen LogP contribution is 2.37. The fourth-order valence-electron chi connectivity index (χ4n) is 3.60. The molecule has 3 rings (SSSR count). The van der Waals surface area contributed by atoms with Crippen molar-refractivity contribution >= 4 is 22.7 Å². The molecule has 4 unspecified atom stereocenters. The molecule has 0 bridgehead atoms. The van der Waals surface area contributed by atoms with E-state index in [1.165, 1.54) is 19.2 Å². The van der Waals surface area contributed by atoms with Gasteiger partial charge in [0.1, 0.15) is 17.4 Å². The molecule has 0 saturated carbocycles. The first kappa shape index (κ1) is 21.8. The Labute approximate surface area is 171 Å². The van der Waals surface area contributed by atoms with Crippen molar-refractivity contribution in [1.29, 1.82) is 0 Å². The van der Waals surface area contributed by atoms with E-state index in [0.717, 1.165) is 0 Å². The monoisotopic (exact) mass is 425 g/mol. The number of hydrogen-bond donors (Lipinski definition) is 4.